The molecule has 0 amide bonds. The van der Waals surface area contributed by atoms with E-state index in [4.69, 9.17) is 3.12 Å². The molecule has 4 aromatic rings. The Morgan fingerprint density at radius 2 is 0.871 bits per heavy atom. The molecular formula is C26H23N2O2Sb. The fourth-order valence-electron chi connectivity index (χ4n) is 4.09. The summed E-state index contributed by atoms with van der Waals surface area (Å²) in [5.74, 6) is 0.0527. The Balaban J connectivity index is 2.28. The second kappa shape index (κ2) is 8.87. The van der Waals surface area contributed by atoms with Gasteiger partial charge in [-0.2, -0.15) is 0 Å². The fourth-order valence-corrected chi connectivity index (χ4v) is 19.5. The predicted octanol–water partition coefficient (Wildman–Crippen LogP) is 3.63. The average molecular weight is 517 g/mol. The van der Waals surface area contributed by atoms with Crippen molar-refractivity contribution in [1.82, 2.24) is 0 Å². The maximum atomic E-state index is 11.2. The van der Waals surface area contributed by atoms with E-state index >= 15 is 0 Å². The summed E-state index contributed by atoms with van der Waals surface area (Å²) in [5, 5.41) is 7.32. The quantitative estimate of drug-likeness (QED) is 0.129. The molecule has 0 unspecified atom stereocenters. The van der Waals surface area contributed by atoms with E-state index < -0.39 is 17.8 Å². The molecule has 4 rings (SSSR count). The molecule has 31 heavy (non-hydrogen) atoms. The van der Waals surface area contributed by atoms with Crippen molar-refractivity contribution in [2.75, 3.05) is 0 Å². The summed E-state index contributed by atoms with van der Waals surface area (Å²) >= 11 is -5.00. The Hall–Kier alpha value is -3.23. The van der Waals surface area contributed by atoms with Crippen LogP contribution in [0.2, 0.25) is 0 Å². The van der Waals surface area contributed by atoms with E-state index in [-0.39, 0.29) is 5.84 Å². The summed E-state index contributed by atoms with van der Waals surface area (Å²) in [6.07, 6.45) is 0. The third-order valence-electron chi connectivity index (χ3n) is 5.46. The summed E-state index contributed by atoms with van der Waals surface area (Å²) in [5.41, 5.74) is 0. The first-order chi connectivity index (χ1) is 15.2. The van der Waals surface area contributed by atoms with Crippen molar-refractivity contribution in [3.63, 3.8) is 0 Å². The molecule has 0 aliphatic rings. The van der Waals surface area contributed by atoms with Crippen LogP contribution in [-0.2, 0) is 3.12 Å². The van der Waals surface area contributed by atoms with Crippen molar-refractivity contribution in [1.29, 1.82) is 0 Å². The van der Waals surface area contributed by atoms with Crippen LogP contribution < -0.4 is 14.0 Å². The third kappa shape index (κ3) is 3.37. The molecule has 4 aromatic carbocycles. The van der Waals surface area contributed by atoms with Gasteiger partial charge in [-0.3, -0.25) is 0 Å². The van der Waals surface area contributed by atoms with E-state index in [9.17, 15) is 4.91 Å². The van der Waals surface area contributed by atoms with Gasteiger partial charge >= 0.3 is 184 Å². The van der Waals surface area contributed by atoms with Crippen molar-refractivity contribution in [3.8, 4) is 0 Å². The average Bonchev–Trinajstić information content (AvgIpc) is 2.87. The molecule has 0 spiro atoms. The molecule has 0 radical (unpaired) electrons. The van der Waals surface area contributed by atoms with Gasteiger partial charge in [-0.05, 0) is 0 Å². The van der Waals surface area contributed by atoms with Gasteiger partial charge in [-0.15, -0.1) is 0 Å². The molecule has 0 heterocycles. The Morgan fingerprint density at radius 1 is 0.581 bits per heavy atom. The van der Waals surface area contributed by atoms with Gasteiger partial charge in [0.15, 0.2) is 0 Å². The van der Waals surface area contributed by atoms with Crippen molar-refractivity contribution >= 4 is 37.7 Å². The summed E-state index contributed by atoms with van der Waals surface area (Å²) < 4.78 is 11.0. The van der Waals surface area contributed by atoms with Crippen LogP contribution in [0.25, 0.3) is 0 Å². The number of amidine groups is 1. The number of rotatable bonds is 6. The Kier molecular flexibility index (Phi) is 6.01. The zero-order chi connectivity index (χ0) is 21.6. The summed E-state index contributed by atoms with van der Waals surface area (Å²) in [6, 6.07) is 41.0. The third-order valence-corrected chi connectivity index (χ3v) is 21.3. The molecule has 0 saturated heterocycles. The van der Waals surface area contributed by atoms with Crippen LogP contribution >= 0.6 is 0 Å². The summed E-state index contributed by atoms with van der Waals surface area (Å²) in [7, 11) is 0. The molecular weight excluding hydrogens is 494 g/mol. The normalized spacial score (nSPS) is 13.1. The molecule has 0 saturated carbocycles. The Labute approximate surface area is 183 Å². The molecule has 154 valence electrons. The van der Waals surface area contributed by atoms with Crippen molar-refractivity contribution in [2.24, 2.45) is 10.3 Å². The monoisotopic (exact) mass is 516 g/mol. The topological polar surface area (TPSA) is 51.0 Å². The maximum absolute atomic E-state index is 11.2. The van der Waals surface area contributed by atoms with Crippen molar-refractivity contribution in [3.05, 3.63) is 126 Å². The van der Waals surface area contributed by atoms with Crippen LogP contribution in [-0.4, -0.2) is 23.7 Å². The van der Waals surface area contributed by atoms with Gasteiger partial charge in [0.05, 0.1) is 0 Å². The molecule has 0 atom stereocenters. The molecule has 0 fully saturated rings. The van der Waals surface area contributed by atoms with E-state index in [0.29, 0.717) is 0 Å². The van der Waals surface area contributed by atoms with Gasteiger partial charge in [-0.25, -0.2) is 0 Å². The second-order valence-corrected chi connectivity index (χ2v) is 19.5. The number of nitroso groups, excluding NO2 is 1. The first-order valence-corrected chi connectivity index (χ1v) is 16.2. The van der Waals surface area contributed by atoms with E-state index in [1.165, 1.54) is 0 Å². The molecule has 0 bridgehead atoms. The molecule has 0 aromatic heterocycles. The van der Waals surface area contributed by atoms with E-state index in [1.807, 2.05) is 72.8 Å². The van der Waals surface area contributed by atoms with Crippen LogP contribution in [0.4, 0.5) is 0 Å². The Bertz CT molecular complexity index is 1010. The number of hydrogen-bond acceptors (Lipinski definition) is 3. The molecule has 5 heteroatoms. The zero-order valence-electron chi connectivity index (χ0n) is 17.2. The van der Waals surface area contributed by atoms with Gasteiger partial charge in [0.2, 0.25) is 0 Å². The van der Waals surface area contributed by atoms with Crippen LogP contribution in [0.15, 0.2) is 132 Å². The molecule has 0 aliphatic carbocycles. The molecule has 0 N–H and O–H groups in total. The van der Waals surface area contributed by atoms with Gasteiger partial charge in [0.1, 0.15) is 0 Å². The number of hydrogen-bond donors (Lipinski definition) is 0. The first kappa shape index (κ1) is 21.0. The van der Waals surface area contributed by atoms with Crippen LogP contribution in [0.5, 0.6) is 0 Å². The van der Waals surface area contributed by atoms with Gasteiger partial charge in [0, 0.05) is 0 Å². The number of benzene rings is 4. The standard InChI is InChI=1S/4C6H5.C2H4N2O2.Sb/c4*1-2-4-6-5-3-1;1-2(3-5)4-6;/h4*1-5H;5H,1H3;/q;;;;;+1/p-1. The van der Waals surface area contributed by atoms with Crippen LogP contribution in [0, 0.1) is 4.91 Å². The van der Waals surface area contributed by atoms with E-state index in [1.54, 1.807) is 6.92 Å². The van der Waals surface area contributed by atoms with Gasteiger partial charge < -0.3 is 0 Å². The first-order valence-electron chi connectivity index (χ1n) is 10.0. The predicted molar refractivity (Wildman–Crippen MR) is 130 cm³/mol. The minimum atomic E-state index is -5.00. The number of nitrogens with zero attached hydrogens (tertiary/aromatic N) is 2. The summed E-state index contributed by atoms with van der Waals surface area (Å²) in [6.45, 7) is 1.56. The SMILES string of the molecule is CC(N=O)=N[O][Sb]([c]1ccccc1)([c]1ccccc1)([c]1ccccc1)[c]1ccccc1. The van der Waals surface area contributed by atoms with E-state index in [2.05, 4.69) is 58.9 Å². The Morgan fingerprint density at radius 3 is 1.13 bits per heavy atom. The van der Waals surface area contributed by atoms with Crippen LogP contribution in [0.3, 0.4) is 0 Å². The van der Waals surface area contributed by atoms with Crippen molar-refractivity contribution in [2.45, 2.75) is 6.92 Å². The molecule has 4 nitrogen and oxygen atoms in total. The summed E-state index contributed by atoms with van der Waals surface area (Å²) in [4.78, 5) is 11.2. The fraction of sp³-hybridized carbons (Fsp3) is 0.0385. The van der Waals surface area contributed by atoms with Crippen molar-refractivity contribution < 1.29 is 3.12 Å². The zero-order valence-corrected chi connectivity index (χ0v) is 19.8. The molecule has 0 aliphatic heterocycles. The minimum absolute atomic E-state index is 0.0527. The second-order valence-electron chi connectivity index (χ2n) is 7.19. The van der Waals surface area contributed by atoms with Crippen LogP contribution in [0.1, 0.15) is 6.92 Å². The number of oxime groups is 1. The van der Waals surface area contributed by atoms with E-state index in [0.717, 1.165) is 14.0 Å². The van der Waals surface area contributed by atoms with Gasteiger partial charge in [0.25, 0.3) is 0 Å². The van der Waals surface area contributed by atoms with Gasteiger partial charge in [-0.1, -0.05) is 0 Å².